The Bertz CT molecular complexity index is 1220. The molecule has 0 bridgehead atoms. The number of methoxy groups -OCH3 is 1. The van der Waals surface area contributed by atoms with Gasteiger partial charge in [-0.05, 0) is 48.0 Å². The zero-order chi connectivity index (χ0) is 21.6. The summed E-state index contributed by atoms with van der Waals surface area (Å²) >= 11 is 0. The molecule has 0 atom stereocenters. The van der Waals surface area contributed by atoms with Crippen molar-refractivity contribution in [3.63, 3.8) is 0 Å². The van der Waals surface area contributed by atoms with Gasteiger partial charge in [0.2, 0.25) is 5.78 Å². The highest BCUT2D eigenvalue weighted by Gasteiger charge is 2.10. The highest BCUT2D eigenvalue weighted by Crippen LogP contribution is 2.23. The third-order valence-corrected chi connectivity index (χ3v) is 4.77. The number of rotatable bonds is 7. The highest BCUT2D eigenvalue weighted by atomic mass is 16.5. The lowest BCUT2D eigenvalue weighted by Crippen LogP contribution is -2.02. The molecule has 1 aromatic heterocycles. The fourth-order valence-electron chi connectivity index (χ4n) is 3.12. The number of ether oxygens (including phenoxy) is 2. The van der Waals surface area contributed by atoms with Crippen molar-refractivity contribution < 1.29 is 23.5 Å². The molecule has 4 aromatic rings. The van der Waals surface area contributed by atoms with Crippen LogP contribution in [0, 0.1) is 0 Å². The van der Waals surface area contributed by atoms with Crippen LogP contribution in [0.2, 0.25) is 0 Å². The van der Waals surface area contributed by atoms with E-state index >= 15 is 0 Å². The topological polar surface area (TPSA) is 65.7 Å². The first-order chi connectivity index (χ1) is 15.1. The molecule has 0 fully saturated rings. The van der Waals surface area contributed by atoms with E-state index in [0.717, 1.165) is 16.5 Å². The Balaban J connectivity index is 1.45. The molecule has 154 valence electrons. The van der Waals surface area contributed by atoms with E-state index in [1.54, 1.807) is 24.3 Å². The maximum absolute atomic E-state index is 12.5. The lowest BCUT2D eigenvalue weighted by Gasteiger charge is -2.09. The number of hydrogen-bond donors (Lipinski definition) is 0. The van der Waals surface area contributed by atoms with Gasteiger partial charge in [0.05, 0.1) is 12.7 Å². The summed E-state index contributed by atoms with van der Waals surface area (Å²) in [6, 6.07) is 23.7. The minimum absolute atomic E-state index is 0.218. The van der Waals surface area contributed by atoms with E-state index in [9.17, 15) is 9.59 Å². The van der Waals surface area contributed by atoms with Gasteiger partial charge in [-0.3, -0.25) is 4.79 Å². The molecule has 0 aliphatic rings. The monoisotopic (exact) mass is 412 g/mol. The Labute approximate surface area is 179 Å². The minimum atomic E-state index is -0.378. The SMILES string of the molecule is COC(=O)c1ccc(COc2ccccc2/C=C/C(=O)c2cc3ccccc3o2)cc1. The fourth-order valence-corrected chi connectivity index (χ4v) is 3.12. The zero-order valence-corrected chi connectivity index (χ0v) is 16.9. The van der Waals surface area contributed by atoms with Crippen molar-refractivity contribution in [3.8, 4) is 5.75 Å². The Morgan fingerprint density at radius 2 is 1.68 bits per heavy atom. The fraction of sp³-hybridized carbons (Fsp3) is 0.0769. The van der Waals surface area contributed by atoms with Crippen molar-refractivity contribution in [2.75, 3.05) is 7.11 Å². The second-order valence-electron chi connectivity index (χ2n) is 6.86. The minimum Gasteiger partial charge on any atom is -0.488 e. The van der Waals surface area contributed by atoms with E-state index in [4.69, 9.17) is 13.9 Å². The molecular weight excluding hydrogens is 392 g/mol. The Hall–Kier alpha value is -4.12. The number of esters is 1. The second-order valence-corrected chi connectivity index (χ2v) is 6.86. The van der Waals surface area contributed by atoms with E-state index in [2.05, 4.69) is 0 Å². The molecular formula is C26H20O5. The molecule has 0 saturated heterocycles. The first-order valence-corrected chi connectivity index (χ1v) is 9.74. The van der Waals surface area contributed by atoms with Crippen molar-refractivity contribution in [1.29, 1.82) is 0 Å². The average molecular weight is 412 g/mol. The summed E-state index contributed by atoms with van der Waals surface area (Å²) in [7, 11) is 1.35. The number of allylic oxidation sites excluding steroid dienone is 1. The molecule has 0 aliphatic carbocycles. The molecule has 3 aromatic carbocycles. The van der Waals surface area contributed by atoms with Crippen LogP contribution in [0.4, 0.5) is 0 Å². The van der Waals surface area contributed by atoms with Crippen LogP contribution in [0.3, 0.4) is 0 Å². The maximum Gasteiger partial charge on any atom is 0.337 e. The molecule has 0 spiro atoms. The zero-order valence-electron chi connectivity index (χ0n) is 16.9. The van der Waals surface area contributed by atoms with E-state index in [1.165, 1.54) is 13.2 Å². The Kier molecular flexibility index (Phi) is 5.94. The summed E-state index contributed by atoms with van der Waals surface area (Å²) in [5, 5.41) is 0.890. The predicted octanol–water partition coefficient (Wildman–Crippen LogP) is 5.69. The number of para-hydroxylation sites is 2. The number of carbonyl (C=O) groups is 2. The third-order valence-electron chi connectivity index (χ3n) is 4.77. The van der Waals surface area contributed by atoms with Gasteiger partial charge in [0.25, 0.3) is 0 Å². The van der Waals surface area contributed by atoms with Crippen molar-refractivity contribution in [2.45, 2.75) is 6.61 Å². The standard InChI is InChI=1S/C26H20O5/c1-29-26(28)20-12-10-18(11-13-20)17-30-23-8-4-2-6-19(23)14-15-22(27)25-16-21-7-3-5-9-24(21)31-25/h2-16H,17H2,1H3/b15-14+. The van der Waals surface area contributed by atoms with Crippen LogP contribution in [0.1, 0.15) is 32.0 Å². The van der Waals surface area contributed by atoms with Crippen LogP contribution in [-0.4, -0.2) is 18.9 Å². The molecule has 0 radical (unpaired) electrons. The molecule has 1 heterocycles. The number of carbonyl (C=O) groups excluding carboxylic acids is 2. The van der Waals surface area contributed by atoms with Crippen LogP contribution >= 0.6 is 0 Å². The first-order valence-electron chi connectivity index (χ1n) is 9.74. The van der Waals surface area contributed by atoms with E-state index < -0.39 is 0 Å². The summed E-state index contributed by atoms with van der Waals surface area (Å²) in [5.74, 6) is 0.344. The van der Waals surface area contributed by atoms with E-state index in [-0.39, 0.29) is 11.8 Å². The van der Waals surface area contributed by atoms with Gasteiger partial charge >= 0.3 is 5.97 Å². The van der Waals surface area contributed by atoms with Gasteiger partial charge in [-0.1, -0.05) is 48.5 Å². The van der Waals surface area contributed by atoms with Gasteiger partial charge in [-0.15, -0.1) is 0 Å². The smallest absolute Gasteiger partial charge is 0.337 e. The predicted molar refractivity (Wildman–Crippen MR) is 118 cm³/mol. The van der Waals surface area contributed by atoms with Gasteiger partial charge in [0.1, 0.15) is 17.9 Å². The van der Waals surface area contributed by atoms with Crippen molar-refractivity contribution >= 4 is 28.8 Å². The number of furan rings is 1. The number of benzene rings is 3. The largest absolute Gasteiger partial charge is 0.488 e. The van der Waals surface area contributed by atoms with E-state index in [1.807, 2.05) is 60.7 Å². The molecule has 0 unspecified atom stereocenters. The summed E-state index contributed by atoms with van der Waals surface area (Å²) < 4.78 is 16.3. The quantitative estimate of drug-likeness (QED) is 0.221. The van der Waals surface area contributed by atoms with E-state index in [0.29, 0.717) is 29.3 Å². The first kappa shape index (κ1) is 20.2. The van der Waals surface area contributed by atoms with Crippen LogP contribution in [-0.2, 0) is 11.3 Å². The molecule has 0 amide bonds. The van der Waals surface area contributed by atoms with Crippen molar-refractivity contribution in [1.82, 2.24) is 0 Å². The Morgan fingerprint density at radius 1 is 0.935 bits per heavy atom. The summed E-state index contributed by atoms with van der Waals surface area (Å²) in [6.07, 6.45) is 3.19. The summed E-state index contributed by atoms with van der Waals surface area (Å²) in [6.45, 7) is 0.323. The van der Waals surface area contributed by atoms with Crippen LogP contribution < -0.4 is 4.74 Å². The lowest BCUT2D eigenvalue weighted by molar-refractivity contribution is 0.0600. The van der Waals surface area contributed by atoms with Gasteiger partial charge in [0, 0.05) is 10.9 Å². The molecule has 5 nitrogen and oxygen atoms in total. The van der Waals surface area contributed by atoms with Crippen molar-refractivity contribution in [3.05, 3.63) is 107 Å². The summed E-state index contributed by atoms with van der Waals surface area (Å²) in [5.41, 5.74) is 2.85. The van der Waals surface area contributed by atoms with Gasteiger partial charge < -0.3 is 13.9 Å². The molecule has 31 heavy (non-hydrogen) atoms. The van der Waals surface area contributed by atoms with Crippen molar-refractivity contribution in [2.24, 2.45) is 0 Å². The normalized spacial score (nSPS) is 11.0. The van der Waals surface area contributed by atoms with Gasteiger partial charge in [0.15, 0.2) is 5.76 Å². The second kappa shape index (κ2) is 9.13. The number of fused-ring (bicyclic) bond motifs is 1. The molecule has 0 aliphatic heterocycles. The number of ketones is 1. The lowest BCUT2D eigenvalue weighted by atomic mass is 10.1. The maximum atomic E-state index is 12.5. The third kappa shape index (κ3) is 4.73. The molecule has 0 N–H and O–H groups in total. The number of hydrogen-bond acceptors (Lipinski definition) is 5. The van der Waals surface area contributed by atoms with Gasteiger partial charge in [-0.2, -0.15) is 0 Å². The Morgan fingerprint density at radius 3 is 2.45 bits per heavy atom. The van der Waals surface area contributed by atoms with Crippen LogP contribution in [0.5, 0.6) is 5.75 Å². The molecule has 5 heteroatoms. The van der Waals surface area contributed by atoms with Gasteiger partial charge in [-0.25, -0.2) is 4.79 Å². The highest BCUT2D eigenvalue weighted by molar-refractivity contribution is 6.07. The molecule has 0 saturated carbocycles. The van der Waals surface area contributed by atoms with Crippen LogP contribution in [0.15, 0.2) is 89.4 Å². The molecule has 4 rings (SSSR count). The average Bonchev–Trinajstić information content (AvgIpc) is 3.26. The summed E-state index contributed by atoms with van der Waals surface area (Å²) in [4.78, 5) is 24.1. The van der Waals surface area contributed by atoms with Crippen LogP contribution in [0.25, 0.3) is 17.0 Å².